The van der Waals surface area contributed by atoms with Crippen LogP contribution in [0.15, 0.2) is 72.8 Å². The fourth-order valence-corrected chi connectivity index (χ4v) is 4.58. The monoisotopic (exact) mass is 475 g/mol. The number of nitrogens with zero attached hydrogens (tertiary/aromatic N) is 3. The van der Waals surface area contributed by atoms with Crippen LogP contribution in [0.4, 0.5) is 5.13 Å². The first-order chi connectivity index (χ1) is 16.5. The first kappa shape index (κ1) is 23.7. The van der Waals surface area contributed by atoms with Crippen molar-refractivity contribution in [2.75, 3.05) is 38.7 Å². The van der Waals surface area contributed by atoms with E-state index >= 15 is 0 Å². The Labute approximate surface area is 204 Å². The highest BCUT2D eigenvalue weighted by Crippen LogP contribution is 2.35. The largest absolute Gasteiger partial charge is 0.492 e. The lowest BCUT2D eigenvalue weighted by molar-refractivity contribution is 0.0986. The first-order valence-electron chi connectivity index (χ1n) is 11.4. The summed E-state index contributed by atoms with van der Waals surface area (Å²) in [5.74, 6) is 2.10. The number of carbonyl (C=O) groups is 1. The van der Waals surface area contributed by atoms with Crippen LogP contribution >= 0.6 is 11.3 Å². The van der Waals surface area contributed by atoms with Gasteiger partial charge in [0.25, 0.3) is 5.91 Å². The molecule has 1 amide bonds. The van der Waals surface area contributed by atoms with E-state index < -0.39 is 0 Å². The minimum atomic E-state index is -0.0815. The van der Waals surface area contributed by atoms with Crippen LogP contribution < -0.4 is 14.4 Å². The lowest BCUT2D eigenvalue weighted by Gasteiger charge is -2.21. The van der Waals surface area contributed by atoms with E-state index in [0.717, 1.165) is 34.7 Å². The van der Waals surface area contributed by atoms with E-state index in [1.165, 1.54) is 11.3 Å². The summed E-state index contributed by atoms with van der Waals surface area (Å²) in [5.41, 5.74) is 1.39. The van der Waals surface area contributed by atoms with Crippen LogP contribution in [0.5, 0.6) is 17.2 Å². The zero-order chi connectivity index (χ0) is 23.9. The van der Waals surface area contributed by atoms with E-state index in [-0.39, 0.29) is 5.91 Å². The van der Waals surface area contributed by atoms with E-state index in [1.54, 1.807) is 17.0 Å². The maximum Gasteiger partial charge on any atom is 0.260 e. The average molecular weight is 476 g/mol. The topological polar surface area (TPSA) is 54.9 Å². The van der Waals surface area contributed by atoms with Crippen molar-refractivity contribution in [2.24, 2.45) is 0 Å². The predicted molar refractivity (Wildman–Crippen MR) is 139 cm³/mol. The standard InChI is InChI=1S/C27H29N3O3S/c1-4-32-23-12-8-13-24-25(23)28-27(34-24)30(19-9-18-29(2)3)26(31)20-14-16-22(17-15-20)33-21-10-6-5-7-11-21/h5-8,10-17H,4,9,18-19H2,1-3H3. The van der Waals surface area contributed by atoms with Gasteiger partial charge in [-0.1, -0.05) is 35.6 Å². The highest BCUT2D eigenvalue weighted by atomic mass is 32.1. The Bertz CT molecular complexity index is 1220. The Hall–Kier alpha value is -3.42. The van der Waals surface area contributed by atoms with Crippen molar-refractivity contribution in [3.63, 3.8) is 0 Å². The number of ether oxygens (including phenoxy) is 2. The minimum Gasteiger partial charge on any atom is -0.492 e. The van der Waals surface area contributed by atoms with Gasteiger partial charge in [-0.25, -0.2) is 4.98 Å². The molecule has 0 fully saturated rings. The molecule has 4 aromatic rings. The van der Waals surface area contributed by atoms with Crippen LogP contribution in [0.3, 0.4) is 0 Å². The van der Waals surface area contributed by atoms with Crippen LogP contribution in [0.2, 0.25) is 0 Å². The van der Waals surface area contributed by atoms with E-state index in [4.69, 9.17) is 14.5 Å². The predicted octanol–water partition coefficient (Wildman–Crippen LogP) is 6.09. The molecule has 176 valence electrons. The number of amides is 1. The molecule has 0 aliphatic heterocycles. The van der Waals surface area contributed by atoms with Gasteiger partial charge in [0.15, 0.2) is 5.13 Å². The summed E-state index contributed by atoms with van der Waals surface area (Å²) in [6, 6.07) is 22.7. The van der Waals surface area contributed by atoms with Crippen LogP contribution in [0.1, 0.15) is 23.7 Å². The summed E-state index contributed by atoms with van der Waals surface area (Å²) < 4.78 is 12.6. The van der Waals surface area contributed by atoms with Crippen molar-refractivity contribution >= 4 is 32.6 Å². The van der Waals surface area contributed by atoms with Gasteiger partial charge in [-0.15, -0.1) is 0 Å². The van der Waals surface area contributed by atoms with Gasteiger partial charge in [-0.05, 0) is 82.5 Å². The normalized spacial score (nSPS) is 11.1. The van der Waals surface area contributed by atoms with Gasteiger partial charge in [0.2, 0.25) is 0 Å². The van der Waals surface area contributed by atoms with E-state index in [1.807, 2.05) is 81.7 Å². The number of benzene rings is 3. The Morgan fingerprint density at radius 2 is 1.65 bits per heavy atom. The van der Waals surface area contributed by atoms with E-state index in [9.17, 15) is 4.79 Å². The fraction of sp³-hybridized carbons (Fsp3) is 0.259. The molecular weight excluding hydrogens is 446 g/mol. The van der Waals surface area contributed by atoms with Crippen LogP contribution in [0, 0.1) is 0 Å². The van der Waals surface area contributed by atoms with Gasteiger partial charge >= 0.3 is 0 Å². The molecule has 0 atom stereocenters. The summed E-state index contributed by atoms with van der Waals surface area (Å²) in [6.07, 6.45) is 0.836. The molecule has 0 bridgehead atoms. The molecule has 0 aliphatic carbocycles. The number of aromatic nitrogens is 1. The van der Waals surface area contributed by atoms with Crippen molar-refractivity contribution < 1.29 is 14.3 Å². The third kappa shape index (κ3) is 5.73. The summed E-state index contributed by atoms with van der Waals surface area (Å²) in [7, 11) is 4.06. The van der Waals surface area contributed by atoms with Gasteiger partial charge in [0.05, 0.1) is 11.3 Å². The molecule has 6 nitrogen and oxygen atoms in total. The summed E-state index contributed by atoms with van der Waals surface area (Å²) in [5, 5.41) is 0.676. The lowest BCUT2D eigenvalue weighted by Crippen LogP contribution is -2.33. The molecule has 4 rings (SSSR count). The second-order valence-electron chi connectivity index (χ2n) is 8.09. The molecule has 0 saturated carbocycles. The van der Waals surface area contributed by atoms with Crippen molar-refractivity contribution in [1.29, 1.82) is 0 Å². The molecule has 1 aromatic heterocycles. The van der Waals surface area contributed by atoms with Crippen molar-refractivity contribution in [2.45, 2.75) is 13.3 Å². The average Bonchev–Trinajstić information content (AvgIpc) is 3.28. The Balaban J connectivity index is 1.59. The minimum absolute atomic E-state index is 0.0815. The number of fused-ring (bicyclic) bond motifs is 1. The van der Waals surface area contributed by atoms with E-state index in [0.29, 0.717) is 29.6 Å². The molecule has 0 unspecified atom stereocenters. The van der Waals surface area contributed by atoms with Crippen LogP contribution in [0.25, 0.3) is 10.2 Å². The van der Waals surface area contributed by atoms with Gasteiger partial charge in [0, 0.05) is 12.1 Å². The van der Waals surface area contributed by atoms with E-state index in [2.05, 4.69) is 4.90 Å². The van der Waals surface area contributed by atoms with Crippen molar-refractivity contribution in [1.82, 2.24) is 9.88 Å². The Morgan fingerprint density at radius 3 is 2.35 bits per heavy atom. The van der Waals surface area contributed by atoms with Crippen LogP contribution in [-0.4, -0.2) is 49.6 Å². The lowest BCUT2D eigenvalue weighted by atomic mass is 10.2. The second kappa shape index (κ2) is 11.1. The zero-order valence-electron chi connectivity index (χ0n) is 19.7. The number of hydrogen-bond acceptors (Lipinski definition) is 6. The smallest absolute Gasteiger partial charge is 0.260 e. The summed E-state index contributed by atoms with van der Waals surface area (Å²) in [4.78, 5) is 22.3. The maximum atomic E-state index is 13.6. The number of para-hydroxylation sites is 2. The molecule has 0 N–H and O–H groups in total. The first-order valence-corrected chi connectivity index (χ1v) is 12.2. The van der Waals surface area contributed by atoms with Crippen molar-refractivity contribution in [3.05, 3.63) is 78.4 Å². The molecule has 1 heterocycles. The molecule has 0 saturated heterocycles. The molecular formula is C27H29N3O3S. The number of rotatable bonds is 10. The Morgan fingerprint density at radius 1 is 0.912 bits per heavy atom. The van der Waals surface area contributed by atoms with Gasteiger partial charge in [0.1, 0.15) is 22.8 Å². The Kier molecular flexibility index (Phi) is 7.77. The summed E-state index contributed by atoms with van der Waals surface area (Å²) in [6.45, 7) is 3.97. The second-order valence-corrected chi connectivity index (χ2v) is 9.09. The van der Waals surface area contributed by atoms with Gasteiger partial charge < -0.3 is 14.4 Å². The number of anilines is 1. The molecule has 0 radical (unpaired) electrons. The fourth-order valence-electron chi connectivity index (χ4n) is 3.57. The highest BCUT2D eigenvalue weighted by Gasteiger charge is 2.22. The zero-order valence-corrected chi connectivity index (χ0v) is 20.5. The van der Waals surface area contributed by atoms with Gasteiger partial charge in [-0.2, -0.15) is 0 Å². The molecule has 0 aliphatic rings. The third-order valence-corrected chi connectivity index (χ3v) is 6.26. The quantitative estimate of drug-likeness (QED) is 0.278. The maximum absolute atomic E-state index is 13.6. The highest BCUT2D eigenvalue weighted by molar-refractivity contribution is 7.22. The molecule has 7 heteroatoms. The number of thiazole rings is 1. The molecule has 0 spiro atoms. The molecule has 3 aromatic carbocycles. The summed E-state index contributed by atoms with van der Waals surface area (Å²) >= 11 is 1.51. The molecule has 34 heavy (non-hydrogen) atoms. The number of carbonyl (C=O) groups excluding carboxylic acids is 1. The number of hydrogen-bond donors (Lipinski definition) is 0. The van der Waals surface area contributed by atoms with Crippen LogP contribution in [-0.2, 0) is 0 Å². The SMILES string of the molecule is CCOc1cccc2sc(N(CCCN(C)C)C(=O)c3ccc(Oc4ccccc4)cc3)nc12. The third-order valence-electron chi connectivity index (χ3n) is 5.21. The van der Waals surface area contributed by atoms with Crippen molar-refractivity contribution in [3.8, 4) is 17.2 Å². The van der Waals surface area contributed by atoms with Gasteiger partial charge in [-0.3, -0.25) is 9.69 Å².